The fourth-order valence-corrected chi connectivity index (χ4v) is 5.45. The van der Waals surface area contributed by atoms with Gasteiger partial charge in [0.25, 0.3) is 5.91 Å². The number of para-hydroxylation sites is 1. The summed E-state index contributed by atoms with van der Waals surface area (Å²) in [6.07, 6.45) is 0. The van der Waals surface area contributed by atoms with Crippen molar-refractivity contribution in [1.82, 2.24) is 4.90 Å². The summed E-state index contributed by atoms with van der Waals surface area (Å²) in [5, 5.41) is 9.17. The number of nitriles is 1. The van der Waals surface area contributed by atoms with Gasteiger partial charge in [0.2, 0.25) is 5.91 Å². The summed E-state index contributed by atoms with van der Waals surface area (Å²) in [5.74, 6) is 0.488. The summed E-state index contributed by atoms with van der Waals surface area (Å²) >= 11 is 1.54. The van der Waals surface area contributed by atoms with Crippen LogP contribution in [0.2, 0.25) is 0 Å². The van der Waals surface area contributed by atoms with Gasteiger partial charge in [-0.15, -0.1) is 11.8 Å². The maximum Gasteiger partial charge on any atom is 0.268 e. The lowest BCUT2D eigenvalue weighted by Gasteiger charge is -2.34. The fraction of sp³-hybridized carbons (Fsp3) is 0.318. The second-order valence-corrected chi connectivity index (χ2v) is 8.65. The van der Waals surface area contributed by atoms with Gasteiger partial charge in [0.05, 0.1) is 23.9 Å². The van der Waals surface area contributed by atoms with Crippen LogP contribution in [0, 0.1) is 17.2 Å². The van der Waals surface area contributed by atoms with E-state index >= 15 is 0 Å². The highest BCUT2D eigenvalue weighted by Crippen LogP contribution is 2.54. The molecule has 28 heavy (non-hydrogen) atoms. The van der Waals surface area contributed by atoms with Crippen LogP contribution in [0.25, 0.3) is 0 Å². The minimum absolute atomic E-state index is 0.00137. The van der Waals surface area contributed by atoms with Gasteiger partial charge in [-0.2, -0.15) is 5.26 Å². The molecule has 0 radical (unpaired) electrons. The molecule has 6 heteroatoms. The van der Waals surface area contributed by atoms with Crippen molar-refractivity contribution in [3.8, 4) is 6.07 Å². The van der Waals surface area contributed by atoms with Gasteiger partial charge in [-0.3, -0.25) is 9.59 Å². The zero-order valence-electron chi connectivity index (χ0n) is 15.9. The lowest BCUT2D eigenvalue weighted by Crippen LogP contribution is -2.51. The van der Waals surface area contributed by atoms with Gasteiger partial charge in [-0.05, 0) is 23.8 Å². The number of nitrogens with zero attached hydrogens (tertiary/aromatic N) is 3. The Labute approximate surface area is 168 Å². The normalized spacial score (nSPS) is 20.7. The average molecular weight is 391 g/mol. The fourth-order valence-electron chi connectivity index (χ4n) is 3.98. The van der Waals surface area contributed by atoms with Crippen LogP contribution in [0.1, 0.15) is 30.5 Å². The first-order chi connectivity index (χ1) is 13.5. The van der Waals surface area contributed by atoms with E-state index in [1.807, 2.05) is 50.2 Å². The summed E-state index contributed by atoms with van der Waals surface area (Å²) in [6.45, 7) is 4.68. The number of carbonyl (C=O) groups is 2. The summed E-state index contributed by atoms with van der Waals surface area (Å²) in [5.41, 5.74) is 3.18. The first kappa shape index (κ1) is 18.6. The van der Waals surface area contributed by atoms with Gasteiger partial charge in [0, 0.05) is 23.8 Å². The van der Waals surface area contributed by atoms with Crippen molar-refractivity contribution in [3.05, 3.63) is 65.2 Å². The second kappa shape index (κ2) is 6.99. The van der Waals surface area contributed by atoms with Crippen LogP contribution >= 0.6 is 11.8 Å². The van der Waals surface area contributed by atoms with Gasteiger partial charge in [0.1, 0.15) is 0 Å². The van der Waals surface area contributed by atoms with E-state index in [0.717, 1.165) is 22.6 Å². The molecule has 2 aromatic carbocycles. The molecule has 0 saturated carbocycles. The van der Waals surface area contributed by atoms with Crippen molar-refractivity contribution in [2.24, 2.45) is 5.92 Å². The average Bonchev–Trinajstić information content (AvgIpc) is 3.25. The van der Waals surface area contributed by atoms with E-state index in [9.17, 15) is 9.59 Å². The van der Waals surface area contributed by atoms with E-state index < -0.39 is 4.87 Å². The van der Waals surface area contributed by atoms with Crippen LogP contribution in [-0.4, -0.2) is 29.0 Å². The van der Waals surface area contributed by atoms with Crippen molar-refractivity contribution in [2.45, 2.75) is 25.3 Å². The predicted molar refractivity (Wildman–Crippen MR) is 109 cm³/mol. The third kappa shape index (κ3) is 2.70. The van der Waals surface area contributed by atoms with Crippen LogP contribution < -0.4 is 4.90 Å². The lowest BCUT2D eigenvalue weighted by molar-refractivity contribution is -0.142. The number of hydrogen-bond acceptors (Lipinski definition) is 4. The predicted octanol–water partition coefficient (Wildman–Crippen LogP) is 3.49. The number of anilines is 1. The monoisotopic (exact) mass is 391 g/mol. The van der Waals surface area contributed by atoms with Crippen molar-refractivity contribution in [3.63, 3.8) is 0 Å². The van der Waals surface area contributed by atoms with E-state index in [1.165, 1.54) is 0 Å². The highest BCUT2D eigenvalue weighted by molar-refractivity contribution is 8.01. The van der Waals surface area contributed by atoms with Gasteiger partial charge >= 0.3 is 0 Å². The first-order valence-electron chi connectivity index (χ1n) is 9.35. The van der Waals surface area contributed by atoms with Gasteiger partial charge in [0.15, 0.2) is 4.87 Å². The summed E-state index contributed by atoms with van der Waals surface area (Å²) in [6, 6.07) is 17.2. The second-order valence-electron chi connectivity index (χ2n) is 7.36. The van der Waals surface area contributed by atoms with Crippen LogP contribution in [0.15, 0.2) is 48.5 Å². The third-order valence-electron chi connectivity index (χ3n) is 5.26. The molecule has 0 N–H and O–H groups in total. The molecule has 1 spiro atoms. The number of fused-ring (bicyclic) bond motifs is 2. The minimum Gasteiger partial charge on any atom is -0.315 e. The number of amides is 2. The molecule has 1 saturated heterocycles. The molecule has 142 valence electrons. The van der Waals surface area contributed by atoms with Crippen LogP contribution in [-0.2, 0) is 21.0 Å². The summed E-state index contributed by atoms with van der Waals surface area (Å²) < 4.78 is 0. The molecule has 1 fully saturated rings. The molecular weight excluding hydrogens is 370 g/mol. The summed E-state index contributed by atoms with van der Waals surface area (Å²) in [4.78, 5) is 29.2. The van der Waals surface area contributed by atoms with E-state index in [4.69, 9.17) is 5.26 Å². The van der Waals surface area contributed by atoms with E-state index in [2.05, 4.69) is 6.07 Å². The molecule has 1 atom stereocenters. The third-order valence-corrected chi connectivity index (χ3v) is 6.68. The SMILES string of the molecule is CC(C)C(=O)N1CCS[C@]12C(=O)N(Cc1cccc(C#N)c1)c1ccccc12. The van der Waals surface area contributed by atoms with Gasteiger partial charge in [-0.1, -0.05) is 44.2 Å². The number of benzene rings is 2. The summed E-state index contributed by atoms with van der Waals surface area (Å²) in [7, 11) is 0. The number of thioether (sulfide) groups is 1. The number of carbonyl (C=O) groups excluding carboxylic acids is 2. The topological polar surface area (TPSA) is 64.4 Å². The molecule has 4 rings (SSSR count). The Morgan fingerprint density at radius 1 is 1.25 bits per heavy atom. The van der Waals surface area contributed by atoms with Crippen molar-refractivity contribution in [2.75, 3.05) is 17.2 Å². The highest BCUT2D eigenvalue weighted by atomic mass is 32.2. The molecule has 2 aliphatic rings. The molecule has 2 heterocycles. The Bertz CT molecular complexity index is 997. The number of hydrogen-bond donors (Lipinski definition) is 0. The molecular formula is C22H21N3O2S. The van der Waals surface area contributed by atoms with Gasteiger partial charge < -0.3 is 9.80 Å². The Kier molecular flexibility index (Phi) is 4.64. The van der Waals surface area contributed by atoms with Crippen molar-refractivity contribution < 1.29 is 9.59 Å². The van der Waals surface area contributed by atoms with Crippen molar-refractivity contribution in [1.29, 1.82) is 5.26 Å². The van der Waals surface area contributed by atoms with Crippen molar-refractivity contribution >= 4 is 29.3 Å². The van der Waals surface area contributed by atoms with Crippen LogP contribution in [0.4, 0.5) is 5.69 Å². The standard InChI is InChI=1S/C22H21N3O2S/c1-15(2)20(26)25-10-11-28-22(25)18-8-3-4-9-19(18)24(21(22)27)14-17-7-5-6-16(12-17)13-23/h3-9,12,15H,10-11,14H2,1-2H3/t22-/m1/s1. The quantitative estimate of drug-likeness (QED) is 0.803. The molecule has 2 aliphatic heterocycles. The Hall–Kier alpha value is -2.78. The van der Waals surface area contributed by atoms with E-state index in [-0.39, 0.29) is 17.7 Å². The smallest absolute Gasteiger partial charge is 0.268 e. The van der Waals surface area contributed by atoms with Gasteiger partial charge in [-0.25, -0.2) is 0 Å². The molecule has 2 amide bonds. The van der Waals surface area contributed by atoms with E-state index in [1.54, 1.807) is 33.7 Å². The highest BCUT2D eigenvalue weighted by Gasteiger charge is 2.59. The first-order valence-corrected chi connectivity index (χ1v) is 10.3. The lowest BCUT2D eigenvalue weighted by atomic mass is 10.0. The maximum absolute atomic E-state index is 13.7. The molecule has 0 bridgehead atoms. The zero-order chi connectivity index (χ0) is 19.9. The van der Waals surface area contributed by atoms with Crippen LogP contribution in [0.5, 0.6) is 0 Å². The maximum atomic E-state index is 13.7. The van der Waals surface area contributed by atoms with Crippen LogP contribution in [0.3, 0.4) is 0 Å². The molecule has 0 aromatic heterocycles. The molecule has 0 aliphatic carbocycles. The largest absolute Gasteiger partial charge is 0.315 e. The molecule has 0 unspecified atom stereocenters. The molecule has 2 aromatic rings. The number of rotatable bonds is 3. The Balaban J connectivity index is 1.78. The Morgan fingerprint density at radius 3 is 2.79 bits per heavy atom. The molecule has 5 nitrogen and oxygen atoms in total. The minimum atomic E-state index is -0.981. The Morgan fingerprint density at radius 2 is 2.04 bits per heavy atom. The van der Waals surface area contributed by atoms with E-state index in [0.29, 0.717) is 18.7 Å². The zero-order valence-corrected chi connectivity index (χ0v) is 16.7.